The molecule has 0 spiro atoms. The first-order valence-electron chi connectivity index (χ1n) is 6.27. The van der Waals surface area contributed by atoms with Crippen LogP contribution < -0.4 is 10.1 Å². The zero-order valence-electron chi connectivity index (χ0n) is 11.4. The van der Waals surface area contributed by atoms with E-state index in [9.17, 15) is 0 Å². The Labute approximate surface area is 119 Å². The molecule has 0 bridgehead atoms. The first-order valence-corrected chi connectivity index (χ1v) is 6.65. The summed E-state index contributed by atoms with van der Waals surface area (Å²) in [6.45, 7) is 4.17. The summed E-state index contributed by atoms with van der Waals surface area (Å²) in [4.78, 5) is 0. The van der Waals surface area contributed by atoms with Gasteiger partial charge in [0, 0.05) is 5.56 Å². The third-order valence-electron chi connectivity index (χ3n) is 3.10. The molecule has 1 atom stereocenters. The van der Waals surface area contributed by atoms with E-state index in [0.717, 1.165) is 22.0 Å². The highest BCUT2D eigenvalue weighted by Gasteiger charge is 2.12. The van der Waals surface area contributed by atoms with Crippen LogP contribution in [-0.2, 0) is 0 Å². The number of methoxy groups -OCH3 is 1. The molecule has 2 aromatic carbocycles. The summed E-state index contributed by atoms with van der Waals surface area (Å²) in [7, 11) is 1.69. The lowest BCUT2D eigenvalue weighted by atomic mass is 10.0. The van der Waals surface area contributed by atoms with E-state index in [-0.39, 0.29) is 6.04 Å². The fraction of sp³-hybridized carbons (Fsp3) is 0.250. The van der Waals surface area contributed by atoms with Gasteiger partial charge in [-0.25, -0.2) is 0 Å². The Balaban J connectivity index is 2.27. The van der Waals surface area contributed by atoms with Crippen LogP contribution in [0.5, 0.6) is 5.75 Å². The van der Waals surface area contributed by atoms with Crippen molar-refractivity contribution in [2.24, 2.45) is 0 Å². The van der Waals surface area contributed by atoms with Gasteiger partial charge in [0.25, 0.3) is 0 Å². The van der Waals surface area contributed by atoms with E-state index in [4.69, 9.17) is 16.3 Å². The van der Waals surface area contributed by atoms with Crippen LogP contribution in [0, 0.1) is 6.92 Å². The van der Waals surface area contributed by atoms with Crippen molar-refractivity contribution < 1.29 is 4.74 Å². The SMILES string of the molecule is COc1ccc(C)cc1C(C)Nc1ccccc1Cl. The first kappa shape index (κ1) is 13.8. The molecule has 2 nitrogen and oxygen atoms in total. The number of anilines is 1. The van der Waals surface area contributed by atoms with Crippen molar-refractivity contribution in [3.63, 3.8) is 0 Å². The second-order valence-corrected chi connectivity index (χ2v) is 5.00. The molecule has 0 radical (unpaired) electrons. The lowest BCUT2D eigenvalue weighted by molar-refractivity contribution is 0.408. The van der Waals surface area contributed by atoms with Gasteiger partial charge in [0.05, 0.1) is 23.9 Å². The number of ether oxygens (including phenoxy) is 1. The Hall–Kier alpha value is -1.67. The van der Waals surface area contributed by atoms with Crippen LogP contribution in [0.4, 0.5) is 5.69 Å². The number of hydrogen-bond donors (Lipinski definition) is 1. The number of hydrogen-bond acceptors (Lipinski definition) is 2. The highest BCUT2D eigenvalue weighted by molar-refractivity contribution is 6.33. The van der Waals surface area contributed by atoms with Crippen LogP contribution in [0.25, 0.3) is 0 Å². The van der Waals surface area contributed by atoms with Crippen LogP contribution >= 0.6 is 11.6 Å². The van der Waals surface area contributed by atoms with Crippen molar-refractivity contribution in [1.82, 2.24) is 0 Å². The molecular weight excluding hydrogens is 258 g/mol. The summed E-state index contributed by atoms with van der Waals surface area (Å²) in [6, 6.07) is 14.0. The second-order valence-electron chi connectivity index (χ2n) is 4.59. The van der Waals surface area contributed by atoms with Crippen molar-refractivity contribution in [2.45, 2.75) is 19.9 Å². The number of nitrogens with one attached hydrogen (secondary N) is 1. The van der Waals surface area contributed by atoms with Crippen molar-refractivity contribution in [3.05, 3.63) is 58.6 Å². The van der Waals surface area contributed by atoms with Crippen LogP contribution in [0.3, 0.4) is 0 Å². The summed E-state index contributed by atoms with van der Waals surface area (Å²) in [5.74, 6) is 0.887. The van der Waals surface area contributed by atoms with Gasteiger partial charge < -0.3 is 10.1 Å². The summed E-state index contributed by atoms with van der Waals surface area (Å²) >= 11 is 6.17. The number of benzene rings is 2. The lowest BCUT2D eigenvalue weighted by Gasteiger charge is -2.19. The van der Waals surface area contributed by atoms with E-state index in [1.807, 2.05) is 36.4 Å². The van der Waals surface area contributed by atoms with Gasteiger partial charge in [-0.2, -0.15) is 0 Å². The Morgan fingerprint density at radius 2 is 1.89 bits per heavy atom. The van der Waals surface area contributed by atoms with Crippen LogP contribution in [0.15, 0.2) is 42.5 Å². The second kappa shape index (κ2) is 5.98. The molecule has 1 unspecified atom stereocenters. The Morgan fingerprint density at radius 1 is 1.16 bits per heavy atom. The van der Waals surface area contributed by atoms with Gasteiger partial charge in [-0.15, -0.1) is 0 Å². The molecule has 0 aliphatic heterocycles. The maximum Gasteiger partial charge on any atom is 0.124 e. The number of para-hydroxylation sites is 1. The van der Waals surface area contributed by atoms with E-state index < -0.39 is 0 Å². The maximum absolute atomic E-state index is 6.17. The fourth-order valence-electron chi connectivity index (χ4n) is 2.08. The minimum atomic E-state index is 0.120. The summed E-state index contributed by atoms with van der Waals surface area (Å²) in [5.41, 5.74) is 3.27. The van der Waals surface area contributed by atoms with E-state index in [1.54, 1.807) is 7.11 Å². The van der Waals surface area contributed by atoms with Crippen molar-refractivity contribution >= 4 is 17.3 Å². The largest absolute Gasteiger partial charge is 0.496 e. The normalized spacial score (nSPS) is 12.0. The average molecular weight is 276 g/mol. The summed E-state index contributed by atoms with van der Waals surface area (Å²) in [6.07, 6.45) is 0. The van der Waals surface area contributed by atoms with Gasteiger partial charge in [-0.05, 0) is 32.0 Å². The predicted molar refractivity (Wildman–Crippen MR) is 81.2 cm³/mol. The molecule has 0 aromatic heterocycles. The Kier molecular flexibility index (Phi) is 4.33. The topological polar surface area (TPSA) is 21.3 Å². The van der Waals surface area contributed by atoms with Gasteiger partial charge in [0.1, 0.15) is 5.75 Å². The minimum Gasteiger partial charge on any atom is -0.496 e. The standard InChI is InChI=1S/C16H18ClNO/c1-11-8-9-16(19-3)13(10-11)12(2)18-15-7-5-4-6-14(15)17/h4-10,12,18H,1-3H3. The van der Waals surface area contributed by atoms with E-state index in [1.165, 1.54) is 5.56 Å². The molecule has 2 aromatic rings. The van der Waals surface area contributed by atoms with Gasteiger partial charge in [0.2, 0.25) is 0 Å². The zero-order valence-corrected chi connectivity index (χ0v) is 12.2. The van der Waals surface area contributed by atoms with Crippen LogP contribution in [-0.4, -0.2) is 7.11 Å². The lowest BCUT2D eigenvalue weighted by Crippen LogP contribution is -2.08. The highest BCUT2D eigenvalue weighted by Crippen LogP contribution is 2.30. The predicted octanol–water partition coefficient (Wildman–Crippen LogP) is 4.83. The Bertz CT molecular complexity index is 568. The molecule has 19 heavy (non-hydrogen) atoms. The molecule has 3 heteroatoms. The summed E-state index contributed by atoms with van der Waals surface area (Å²) in [5, 5.41) is 4.14. The number of halogens is 1. The van der Waals surface area contributed by atoms with Crippen molar-refractivity contribution in [1.29, 1.82) is 0 Å². The molecule has 0 aliphatic carbocycles. The van der Waals surface area contributed by atoms with Gasteiger partial charge in [-0.1, -0.05) is 41.4 Å². The zero-order chi connectivity index (χ0) is 13.8. The molecular formula is C16H18ClNO. The average Bonchev–Trinajstić information content (AvgIpc) is 2.41. The third kappa shape index (κ3) is 3.21. The van der Waals surface area contributed by atoms with Crippen molar-refractivity contribution in [2.75, 3.05) is 12.4 Å². The maximum atomic E-state index is 6.17. The van der Waals surface area contributed by atoms with E-state index in [0.29, 0.717) is 0 Å². The Morgan fingerprint density at radius 3 is 2.58 bits per heavy atom. The number of rotatable bonds is 4. The van der Waals surface area contributed by atoms with Gasteiger partial charge in [-0.3, -0.25) is 0 Å². The minimum absolute atomic E-state index is 0.120. The van der Waals surface area contributed by atoms with E-state index >= 15 is 0 Å². The highest BCUT2D eigenvalue weighted by atomic mass is 35.5. The molecule has 0 amide bonds. The number of aryl methyl sites for hydroxylation is 1. The fourth-order valence-corrected chi connectivity index (χ4v) is 2.27. The molecule has 0 saturated carbocycles. The van der Waals surface area contributed by atoms with Gasteiger partial charge >= 0.3 is 0 Å². The quantitative estimate of drug-likeness (QED) is 0.863. The van der Waals surface area contributed by atoms with Crippen molar-refractivity contribution in [3.8, 4) is 5.75 Å². The smallest absolute Gasteiger partial charge is 0.124 e. The summed E-state index contributed by atoms with van der Waals surface area (Å²) < 4.78 is 5.42. The molecule has 100 valence electrons. The monoisotopic (exact) mass is 275 g/mol. The van der Waals surface area contributed by atoms with E-state index in [2.05, 4.69) is 25.2 Å². The third-order valence-corrected chi connectivity index (χ3v) is 3.43. The first-order chi connectivity index (χ1) is 9.11. The molecule has 0 saturated heterocycles. The van der Waals surface area contributed by atoms with Crippen LogP contribution in [0.1, 0.15) is 24.1 Å². The molecule has 0 aliphatic rings. The molecule has 2 rings (SSSR count). The molecule has 1 N–H and O–H groups in total. The van der Waals surface area contributed by atoms with Gasteiger partial charge in [0.15, 0.2) is 0 Å². The molecule has 0 heterocycles. The molecule has 0 fully saturated rings. The van der Waals surface area contributed by atoms with Crippen LogP contribution in [0.2, 0.25) is 5.02 Å².